The van der Waals surface area contributed by atoms with Gasteiger partial charge in [-0.25, -0.2) is 15.0 Å². The van der Waals surface area contributed by atoms with Crippen molar-refractivity contribution in [3.05, 3.63) is 52.6 Å². The Bertz CT molecular complexity index is 1240. The van der Waals surface area contributed by atoms with E-state index in [0.717, 1.165) is 40.3 Å². The Morgan fingerprint density at radius 2 is 2.13 bits per heavy atom. The molecule has 2 aliphatic heterocycles. The molecule has 156 valence electrons. The van der Waals surface area contributed by atoms with Crippen LogP contribution in [0.15, 0.2) is 35.3 Å². The number of aromatic nitrogens is 8. The third kappa shape index (κ3) is 2.68. The van der Waals surface area contributed by atoms with Gasteiger partial charge >= 0.3 is 0 Å². The van der Waals surface area contributed by atoms with Crippen LogP contribution in [0.2, 0.25) is 0 Å². The van der Waals surface area contributed by atoms with Crippen LogP contribution < -0.4 is 10.3 Å². The van der Waals surface area contributed by atoms with Crippen molar-refractivity contribution >= 4 is 29.1 Å². The number of rotatable bonds is 4. The summed E-state index contributed by atoms with van der Waals surface area (Å²) in [6.45, 7) is 4.08. The first-order valence-corrected chi connectivity index (χ1v) is 10.9. The van der Waals surface area contributed by atoms with Gasteiger partial charge in [-0.05, 0) is 13.3 Å². The molecule has 12 heteroatoms. The number of nitrogens with zero attached hydrogens (tertiary/aromatic N) is 9. The third-order valence-electron chi connectivity index (χ3n) is 5.67. The van der Waals surface area contributed by atoms with E-state index in [4.69, 9.17) is 9.97 Å². The summed E-state index contributed by atoms with van der Waals surface area (Å²) in [7, 11) is 0. The van der Waals surface area contributed by atoms with Gasteiger partial charge in [0.2, 0.25) is 0 Å². The molecular weight excluding hydrogens is 414 g/mol. The van der Waals surface area contributed by atoms with Gasteiger partial charge in [-0.15, -0.1) is 21.5 Å². The van der Waals surface area contributed by atoms with E-state index in [-0.39, 0.29) is 18.0 Å². The van der Waals surface area contributed by atoms with Gasteiger partial charge in [0, 0.05) is 24.0 Å². The van der Waals surface area contributed by atoms with Gasteiger partial charge in [-0.2, -0.15) is 10.2 Å². The number of nitrogens with one attached hydrogen (secondary N) is 2. The number of hydrazone groups is 1. The fraction of sp³-hybridized carbons (Fsp3) is 0.316. The Morgan fingerprint density at radius 3 is 2.90 bits per heavy atom. The standard InChI is InChI=1S/C19H19N11S/c1-3-13-18-28-26-10(2)29(18)14-9-21-16(25-17(14)30(13)11-6-22-23-7-11)12-8-24-27-15(12)19-20-4-5-31-19/h4-9,12-13,15,27H,3H2,1-2H3,(H,22,23)/t12?,13-,15?/m0/s1. The lowest BCUT2D eigenvalue weighted by molar-refractivity contribution is 0.548. The van der Waals surface area contributed by atoms with Crippen molar-refractivity contribution in [3.63, 3.8) is 0 Å². The van der Waals surface area contributed by atoms with Crippen LogP contribution >= 0.6 is 11.3 Å². The van der Waals surface area contributed by atoms with Gasteiger partial charge < -0.3 is 4.90 Å². The highest BCUT2D eigenvalue weighted by Crippen LogP contribution is 2.44. The molecule has 4 aromatic rings. The van der Waals surface area contributed by atoms with Crippen molar-refractivity contribution < 1.29 is 0 Å². The number of H-pyrrole nitrogens is 1. The maximum atomic E-state index is 5.05. The van der Waals surface area contributed by atoms with Crippen LogP contribution in [-0.2, 0) is 0 Å². The first kappa shape index (κ1) is 18.1. The molecule has 0 radical (unpaired) electrons. The van der Waals surface area contributed by atoms with Crippen molar-refractivity contribution in [3.8, 4) is 5.69 Å². The number of anilines is 2. The summed E-state index contributed by atoms with van der Waals surface area (Å²) in [5.41, 5.74) is 4.91. The minimum atomic E-state index is -0.119. The fourth-order valence-electron chi connectivity index (χ4n) is 4.26. The number of aryl methyl sites for hydroxylation is 1. The number of hydrogen-bond donors (Lipinski definition) is 2. The second kappa shape index (κ2) is 6.94. The molecule has 0 spiro atoms. The normalized spacial score (nSPS) is 21.7. The average molecular weight is 434 g/mol. The minimum absolute atomic E-state index is 0.0285. The summed E-state index contributed by atoms with van der Waals surface area (Å²) in [5, 5.41) is 23.1. The van der Waals surface area contributed by atoms with Crippen molar-refractivity contribution in [2.75, 3.05) is 4.90 Å². The van der Waals surface area contributed by atoms with E-state index in [1.54, 1.807) is 23.7 Å². The Balaban J connectivity index is 1.52. The maximum absolute atomic E-state index is 5.05. The predicted octanol–water partition coefficient (Wildman–Crippen LogP) is 2.56. The summed E-state index contributed by atoms with van der Waals surface area (Å²) in [6.07, 6.45) is 9.99. The van der Waals surface area contributed by atoms with E-state index in [0.29, 0.717) is 5.82 Å². The Kier molecular flexibility index (Phi) is 4.06. The highest BCUT2D eigenvalue weighted by Gasteiger charge is 2.38. The molecule has 0 bridgehead atoms. The molecule has 4 aromatic heterocycles. The van der Waals surface area contributed by atoms with Gasteiger partial charge in [0.25, 0.3) is 0 Å². The number of aromatic amines is 1. The van der Waals surface area contributed by atoms with Crippen LogP contribution in [0.4, 0.5) is 11.5 Å². The van der Waals surface area contributed by atoms with Gasteiger partial charge in [-0.1, -0.05) is 6.92 Å². The predicted molar refractivity (Wildman–Crippen MR) is 115 cm³/mol. The van der Waals surface area contributed by atoms with Gasteiger partial charge in [0.05, 0.1) is 30.0 Å². The van der Waals surface area contributed by atoms with Gasteiger partial charge in [-0.3, -0.25) is 15.1 Å². The Labute approximate surface area is 181 Å². The molecule has 6 rings (SSSR count). The zero-order valence-corrected chi connectivity index (χ0v) is 17.7. The molecule has 3 atom stereocenters. The molecule has 2 unspecified atom stereocenters. The summed E-state index contributed by atoms with van der Waals surface area (Å²) in [5.74, 6) is 3.04. The average Bonchev–Trinajstić information content (AvgIpc) is 3.59. The molecule has 0 saturated carbocycles. The maximum Gasteiger partial charge on any atom is 0.162 e. The molecule has 0 aliphatic carbocycles. The molecule has 0 aromatic carbocycles. The van der Waals surface area contributed by atoms with Gasteiger partial charge in [0.1, 0.15) is 28.4 Å². The third-order valence-corrected chi connectivity index (χ3v) is 6.53. The second-order valence-corrected chi connectivity index (χ2v) is 8.34. The lowest BCUT2D eigenvalue weighted by Crippen LogP contribution is -2.33. The highest BCUT2D eigenvalue weighted by atomic mass is 32.1. The largest absolute Gasteiger partial charge is 0.311 e. The summed E-state index contributed by atoms with van der Waals surface area (Å²) >= 11 is 1.59. The quantitative estimate of drug-likeness (QED) is 0.503. The monoisotopic (exact) mass is 433 g/mol. The van der Waals surface area contributed by atoms with E-state index in [9.17, 15) is 0 Å². The molecule has 0 fully saturated rings. The topological polar surface area (TPSA) is 126 Å². The van der Waals surface area contributed by atoms with Crippen LogP contribution in [0.3, 0.4) is 0 Å². The van der Waals surface area contributed by atoms with E-state index in [2.05, 4.69) is 47.7 Å². The van der Waals surface area contributed by atoms with E-state index < -0.39 is 0 Å². The second-order valence-electron chi connectivity index (χ2n) is 7.41. The molecule has 31 heavy (non-hydrogen) atoms. The van der Waals surface area contributed by atoms with Crippen LogP contribution in [-0.4, -0.2) is 46.1 Å². The van der Waals surface area contributed by atoms with E-state index in [1.807, 2.05) is 35.5 Å². The first-order valence-electron chi connectivity index (χ1n) is 10.0. The number of fused-ring (bicyclic) bond motifs is 3. The van der Waals surface area contributed by atoms with Crippen LogP contribution in [0, 0.1) is 6.92 Å². The molecule has 0 saturated heterocycles. The number of thiazole rings is 1. The van der Waals surface area contributed by atoms with Crippen LogP contribution in [0.25, 0.3) is 5.69 Å². The van der Waals surface area contributed by atoms with Crippen LogP contribution in [0.5, 0.6) is 0 Å². The molecular formula is C19H19N11S. The summed E-state index contributed by atoms with van der Waals surface area (Å²) in [4.78, 5) is 16.4. The zero-order valence-electron chi connectivity index (χ0n) is 16.8. The van der Waals surface area contributed by atoms with Crippen molar-refractivity contribution in [2.45, 2.75) is 38.3 Å². The molecule has 2 aliphatic rings. The summed E-state index contributed by atoms with van der Waals surface area (Å²) in [6, 6.07) is -0.114. The molecule has 11 nitrogen and oxygen atoms in total. The number of hydrogen-bond acceptors (Lipinski definition) is 10. The summed E-state index contributed by atoms with van der Waals surface area (Å²) < 4.78 is 2.04. The molecule has 6 heterocycles. The van der Waals surface area contributed by atoms with Gasteiger partial charge in [0.15, 0.2) is 11.6 Å². The Morgan fingerprint density at radius 1 is 1.19 bits per heavy atom. The lowest BCUT2D eigenvalue weighted by atomic mass is 10.0. The highest BCUT2D eigenvalue weighted by molar-refractivity contribution is 7.09. The fourth-order valence-corrected chi connectivity index (χ4v) is 4.99. The smallest absolute Gasteiger partial charge is 0.162 e. The first-order chi connectivity index (χ1) is 15.3. The van der Waals surface area contributed by atoms with Crippen molar-refractivity contribution in [1.82, 2.24) is 45.3 Å². The van der Waals surface area contributed by atoms with E-state index >= 15 is 0 Å². The Hall–Kier alpha value is -3.67. The van der Waals surface area contributed by atoms with Crippen LogP contribution in [0.1, 0.15) is 53.8 Å². The molecule has 0 amide bonds. The van der Waals surface area contributed by atoms with Crippen molar-refractivity contribution in [2.24, 2.45) is 5.10 Å². The van der Waals surface area contributed by atoms with E-state index in [1.165, 1.54) is 0 Å². The zero-order chi connectivity index (χ0) is 20.9. The lowest BCUT2D eigenvalue weighted by Gasteiger charge is -2.36. The van der Waals surface area contributed by atoms with Crippen molar-refractivity contribution in [1.29, 1.82) is 0 Å². The SMILES string of the molecule is CC[C@H]1c2nnc(C)n2-c2cnc(C3C=NNC3c3nccs3)nc2N1c1cn[nH]c1. The minimum Gasteiger partial charge on any atom is -0.311 e. The molecule has 2 N–H and O–H groups in total.